The van der Waals surface area contributed by atoms with Gasteiger partial charge < -0.3 is 5.32 Å². The molecule has 2 rings (SSSR count). The van der Waals surface area contributed by atoms with Crippen LogP contribution in [0.4, 0.5) is 0 Å². The number of nitrogens with one attached hydrogen (secondary N) is 5. The molecule has 0 aromatic rings. The summed E-state index contributed by atoms with van der Waals surface area (Å²) in [5.41, 5.74) is 9.20. The number of fused-ring (bicyclic) bond motifs is 1. The standard InChI is InChI=1S/C5H13N5/c1-6-5-3-7-2-4(5)8-10-9-5/h4,6-10H,2-3H2,1H3. The lowest BCUT2D eigenvalue weighted by Gasteiger charge is -2.25. The van der Waals surface area contributed by atoms with Gasteiger partial charge in [-0.05, 0) is 7.05 Å². The fourth-order valence-corrected chi connectivity index (χ4v) is 1.58. The van der Waals surface area contributed by atoms with Crippen molar-refractivity contribution in [2.45, 2.75) is 11.7 Å². The van der Waals surface area contributed by atoms with E-state index in [0.717, 1.165) is 13.1 Å². The van der Waals surface area contributed by atoms with E-state index in [1.807, 2.05) is 7.05 Å². The van der Waals surface area contributed by atoms with Crippen LogP contribution < -0.4 is 27.0 Å². The monoisotopic (exact) mass is 143 g/mol. The molecule has 2 heterocycles. The van der Waals surface area contributed by atoms with E-state index in [-0.39, 0.29) is 5.66 Å². The summed E-state index contributed by atoms with van der Waals surface area (Å²) in [5, 5.41) is 6.53. The number of rotatable bonds is 1. The molecule has 0 bridgehead atoms. The van der Waals surface area contributed by atoms with E-state index < -0.39 is 0 Å². The zero-order valence-electron chi connectivity index (χ0n) is 5.99. The van der Waals surface area contributed by atoms with Crippen LogP contribution in [0.3, 0.4) is 0 Å². The Balaban J connectivity index is 2.15. The third-order valence-electron chi connectivity index (χ3n) is 2.33. The minimum absolute atomic E-state index is 0.0139. The van der Waals surface area contributed by atoms with Crippen molar-refractivity contribution >= 4 is 0 Å². The van der Waals surface area contributed by atoms with Crippen molar-refractivity contribution in [3.8, 4) is 0 Å². The Morgan fingerprint density at radius 2 is 2.50 bits per heavy atom. The Bertz CT molecular complexity index is 126. The Kier molecular flexibility index (Phi) is 1.40. The third-order valence-corrected chi connectivity index (χ3v) is 2.33. The van der Waals surface area contributed by atoms with E-state index >= 15 is 0 Å². The molecule has 2 fully saturated rings. The first-order valence-corrected chi connectivity index (χ1v) is 3.55. The molecule has 5 heteroatoms. The minimum atomic E-state index is 0.0139. The third kappa shape index (κ3) is 0.694. The van der Waals surface area contributed by atoms with E-state index in [1.54, 1.807) is 0 Å². The first-order chi connectivity index (χ1) is 4.87. The molecule has 58 valence electrons. The van der Waals surface area contributed by atoms with Crippen LogP contribution in [0.25, 0.3) is 0 Å². The molecule has 0 aromatic carbocycles. The summed E-state index contributed by atoms with van der Waals surface area (Å²) >= 11 is 0. The molecule has 2 saturated heterocycles. The molecule has 0 aromatic heterocycles. The van der Waals surface area contributed by atoms with Crippen molar-refractivity contribution in [2.24, 2.45) is 0 Å². The fourth-order valence-electron chi connectivity index (χ4n) is 1.58. The maximum absolute atomic E-state index is 3.29. The predicted molar refractivity (Wildman–Crippen MR) is 37.9 cm³/mol. The van der Waals surface area contributed by atoms with Gasteiger partial charge in [0.2, 0.25) is 0 Å². The number of hydrogen-bond acceptors (Lipinski definition) is 5. The first kappa shape index (κ1) is 6.51. The second kappa shape index (κ2) is 2.14. The number of likely N-dealkylation sites (N-methyl/N-ethyl adjacent to an activating group) is 1. The second-order valence-electron chi connectivity index (χ2n) is 2.80. The van der Waals surface area contributed by atoms with Gasteiger partial charge in [-0.3, -0.25) is 5.32 Å². The lowest BCUT2D eigenvalue weighted by atomic mass is 10.1. The van der Waals surface area contributed by atoms with Crippen LogP contribution in [0.2, 0.25) is 0 Å². The number of hydrogen-bond donors (Lipinski definition) is 5. The van der Waals surface area contributed by atoms with Crippen LogP contribution in [0.5, 0.6) is 0 Å². The van der Waals surface area contributed by atoms with E-state index in [9.17, 15) is 0 Å². The van der Waals surface area contributed by atoms with Crippen LogP contribution in [0, 0.1) is 0 Å². The van der Waals surface area contributed by atoms with Gasteiger partial charge in [0.1, 0.15) is 5.66 Å². The Morgan fingerprint density at radius 1 is 1.60 bits per heavy atom. The molecular weight excluding hydrogens is 130 g/mol. The Labute approximate surface area is 59.9 Å². The molecule has 10 heavy (non-hydrogen) atoms. The van der Waals surface area contributed by atoms with Crippen LogP contribution in [-0.4, -0.2) is 31.8 Å². The Morgan fingerprint density at radius 3 is 3.20 bits per heavy atom. The van der Waals surface area contributed by atoms with Gasteiger partial charge in [0, 0.05) is 13.1 Å². The molecule has 2 aliphatic heterocycles. The molecule has 0 aliphatic carbocycles. The average Bonchev–Trinajstić information content (AvgIpc) is 2.42. The van der Waals surface area contributed by atoms with Crippen LogP contribution in [0.15, 0.2) is 0 Å². The highest BCUT2D eigenvalue weighted by atomic mass is 15.7. The van der Waals surface area contributed by atoms with Crippen LogP contribution >= 0.6 is 0 Å². The summed E-state index contributed by atoms with van der Waals surface area (Å²) < 4.78 is 0. The van der Waals surface area contributed by atoms with E-state index in [1.165, 1.54) is 0 Å². The topological polar surface area (TPSA) is 60.1 Å². The minimum Gasteiger partial charge on any atom is -0.312 e. The normalized spacial score (nSPS) is 45.9. The molecular formula is C5H13N5. The molecule has 2 aliphatic rings. The van der Waals surface area contributed by atoms with Crippen molar-refractivity contribution in [3.63, 3.8) is 0 Å². The quantitative estimate of drug-likeness (QED) is 0.281. The molecule has 0 radical (unpaired) electrons. The summed E-state index contributed by atoms with van der Waals surface area (Å²) in [6.45, 7) is 1.95. The summed E-state index contributed by atoms with van der Waals surface area (Å²) in [5.74, 6) is 0. The lowest BCUT2D eigenvalue weighted by Crippen LogP contribution is -2.60. The second-order valence-corrected chi connectivity index (χ2v) is 2.80. The summed E-state index contributed by atoms with van der Waals surface area (Å²) in [6.07, 6.45) is 0. The molecule has 0 spiro atoms. The van der Waals surface area contributed by atoms with Gasteiger partial charge in [-0.2, -0.15) is 5.53 Å². The largest absolute Gasteiger partial charge is 0.312 e. The molecule has 5 nitrogen and oxygen atoms in total. The van der Waals surface area contributed by atoms with Gasteiger partial charge >= 0.3 is 0 Å². The lowest BCUT2D eigenvalue weighted by molar-refractivity contribution is 0.320. The van der Waals surface area contributed by atoms with Crippen molar-refractivity contribution in [2.75, 3.05) is 20.1 Å². The van der Waals surface area contributed by atoms with Gasteiger partial charge in [-0.1, -0.05) is 0 Å². The summed E-state index contributed by atoms with van der Waals surface area (Å²) in [7, 11) is 1.96. The SMILES string of the molecule is CNC12CNCC1NNN2. The summed E-state index contributed by atoms with van der Waals surface area (Å²) in [4.78, 5) is 0. The maximum atomic E-state index is 3.29. The van der Waals surface area contributed by atoms with Gasteiger partial charge in [0.15, 0.2) is 0 Å². The van der Waals surface area contributed by atoms with Crippen molar-refractivity contribution < 1.29 is 0 Å². The van der Waals surface area contributed by atoms with Crippen LogP contribution in [-0.2, 0) is 0 Å². The van der Waals surface area contributed by atoms with E-state index in [0.29, 0.717) is 6.04 Å². The van der Waals surface area contributed by atoms with Gasteiger partial charge in [0.25, 0.3) is 0 Å². The maximum Gasteiger partial charge on any atom is 0.113 e. The van der Waals surface area contributed by atoms with Crippen molar-refractivity contribution in [3.05, 3.63) is 0 Å². The molecule has 2 atom stereocenters. The van der Waals surface area contributed by atoms with Gasteiger partial charge in [0.05, 0.1) is 6.04 Å². The van der Waals surface area contributed by atoms with Crippen molar-refractivity contribution in [1.29, 1.82) is 0 Å². The number of hydrazine groups is 2. The molecule has 2 unspecified atom stereocenters. The average molecular weight is 143 g/mol. The van der Waals surface area contributed by atoms with Crippen molar-refractivity contribution in [1.82, 2.24) is 27.0 Å². The molecule has 0 amide bonds. The molecule has 5 N–H and O–H groups in total. The predicted octanol–water partition coefficient (Wildman–Crippen LogP) is -2.51. The first-order valence-electron chi connectivity index (χ1n) is 3.55. The van der Waals surface area contributed by atoms with E-state index in [4.69, 9.17) is 0 Å². The highest BCUT2D eigenvalue weighted by Gasteiger charge is 2.45. The zero-order chi connectivity index (χ0) is 7.03. The van der Waals surface area contributed by atoms with E-state index in [2.05, 4.69) is 27.0 Å². The fraction of sp³-hybridized carbons (Fsp3) is 1.00. The smallest absolute Gasteiger partial charge is 0.113 e. The zero-order valence-corrected chi connectivity index (χ0v) is 5.99. The van der Waals surface area contributed by atoms with Crippen LogP contribution in [0.1, 0.15) is 0 Å². The Hall–Kier alpha value is -0.200. The highest BCUT2D eigenvalue weighted by Crippen LogP contribution is 2.12. The van der Waals surface area contributed by atoms with Gasteiger partial charge in [-0.15, -0.1) is 0 Å². The molecule has 0 saturated carbocycles. The van der Waals surface area contributed by atoms with Gasteiger partial charge in [-0.25, -0.2) is 10.9 Å². The highest BCUT2D eigenvalue weighted by molar-refractivity contribution is 5.05. The summed E-state index contributed by atoms with van der Waals surface area (Å²) in [6, 6.07) is 0.442.